The van der Waals surface area contributed by atoms with Crippen molar-refractivity contribution >= 4 is 5.91 Å². The maximum Gasteiger partial charge on any atom is 0.414 e. The summed E-state index contributed by atoms with van der Waals surface area (Å²) in [5.74, 6) is -0.420. The largest absolute Gasteiger partial charge is 0.414 e. The van der Waals surface area contributed by atoms with E-state index in [0.717, 1.165) is 25.7 Å². The van der Waals surface area contributed by atoms with Crippen LogP contribution in [0.15, 0.2) is 0 Å². The number of rotatable bonds is 4. The topological polar surface area (TPSA) is 38.3 Å². The van der Waals surface area contributed by atoms with Gasteiger partial charge in [-0.1, -0.05) is 19.8 Å². The Morgan fingerprint density at radius 2 is 1.94 bits per heavy atom. The summed E-state index contributed by atoms with van der Waals surface area (Å²) in [6.07, 6.45) is -0.437. The molecule has 6 heteroatoms. The first-order chi connectivity index (χ1) is 7.40. The van der Waals surface area contributed by atoms with Crippen LogP contribution in [0.5, 0.6) is 0 Å². The molecule has 0 atom stereocenters. The fourth-order valence-corrected chi connectivity index (χ4v) is 2.08. The Hall–Kier alpha value is -0.780. The Bertz CT molecular complexity index is 247. The van der Waals surface area contributed by atoms with Crippen LogP contribution in [0, 0.1) is 5.41 Å². The van der Waals surface area contributed by atoms with Gasteiger partial charge in [-0.25, -0.2) is 5.48 Å². The molecule has 94 valence electrons. The summed E-state index contributed by atoms with van der Waals surface area (Å²) in [7, 11) is 0. The lowest BCUT2D eigenvalue weighted by molar-refractivity contribution is -0.194. The molecular weight excluding hydrogens is 223 g/mol. The number of hydrogen-bond donors (Lipinski definition) is 1. The second kappa shape index (κ2) is 5.03. The Morgan fingerprint density at radius 3 is 2.38 bits per heavy atom. The van der Waals surface area contributed by atoms with E-state index < -0.39 is 24.1 Å². The Kier molecular flexibility index (Phi) is 4.18. The predicted octanol–water partition coefficient (Wildman–Crippen LogP) is 2.57. The SMILES string of the molecule is CCC1(C(=O)NOCC(F)(F)F)CCCC1. The maximum atomic E-state index is 11.8. The molecule has 1 rings (SSSR count). The molecule has 16 heavy (non-hydrogen) atoms. The Morgan fingerprint density at radius 1 is 1.38 bits per heavy atom. The van der Waals surface area contributed by atoms with E-state index in [9.17, 15) is 18.0 Å². The second-order valence-corrected chi connectivity index (χ2v) is 4.18. The van der Waals surface area contributed by atoms with Gasteiger partial charge in [-0.3, -0.25) is 9.63 Å². The normalized spacial score (nSPS) is 19.8. The maximum absolute atomic E-state index is 11.8. The molecule has 1 fully saturated rings. The number of hydrogen-bond acceptors (Lipinski definition) is 2. The first-order valence-electron chi connectivity index (χ1n) is 5.39. The van der Waals surface area contributed by atoms with Gasteiger partial charge in [0.05, 0.1) is 5.41 Å². The second-order valence-electron chi connectivity index (χ2n) is 4.18. The third kappa shape index (κ3) is 3.37. The van der Waals surface area contributed by atoms with Gasteiger partial charge in [0.25, 0.3) is 0 Å². The van der Waals surface area contributed by atoms with Crippen LogP contribution in [-0.2, 0) is 9.63 Å². The number of carbonyl (C=O) groups excluding carboxylic acids is 1. The lowest BCUT2D eigenvalue weighted by Crippen LogP contribution is -2.40. The number of carbonyl (C=O) groups is 1. The van der Waals surface area contributed by atoms with Gasteiger partial charge in [0, 0.05) is 0 Å². The zero-order valence-corrected chi connectivity index (χ0v) is 9.19. The van der Waals surface area contributed by atoms with E-state index in [2.05, 4.69) is 4.84 Å². The minimum absolute atomic E-state index is 0.420. The lowest BCUT2D eigenvalue weighted by Gasteiger charge is -2.25. The van der Waals surface area contributed by atoms with Gasteiger partial charge in [-0.05, 0) is 19.3 Å². The van der Waals surface area contributed by atoms with Crippen molar-refractivity contribution in [3.8, 4) is 0 Å². The fourth-order valence-electron chi connectivity index (χ4n) is 2.08. The van der Waals surface area contributed by atoms with Gasteiger partial charge in [-0.15, -0.1) is 0 Å². The average molecular weight is 239 g/mol. The van der Waals surface area contributed by atoms with E-state index in [4.69, 9.17) is 0 Å². The quantitative estimate of drug-likeness (QED) is 0.766. The van der Waals surface area contributed by atoms with Crippen LogP contribution in [0.2, 0.25) is 0 Å². The van der Waals surface area contributed by atoms with Crippen molar-refractivity contribution in [2.24, 2.45) is 5.41 Å². The molecule has 0 spiro atoms. The molecule has 0 radical (unpaired) electrons. The van der Waals surface area contributed by atoms with E-state index in [1.54, 1.807) is 0 Å². The van der Waals surface area contributed by atoms with Gasteiger partial charge in [0.15, 0.2) is 6.61 Å². The molecule has 0 aromatic rings. The van der Waals surface area contributed by atoms with E-state index >= 15 is 0 Å². The number of hydroxylamine groups is 1. The van der Waals surface area contributed by atoms with Crippen molar-refractivity contribution in [1.82, 2.24) is 5.48 Å². The summed E-state index contributed by atoms with van der Waals surface area (Å²) < 4.78 is 35.4. The Balaban J connectivity index is 2.39. The zero-order valence-electron chi connectivity index (χ0n) is 9.19. The first-order valence-corrected chi connectivity index (χ1v) is 5.39. The number of halogens is 3. The summed E-state index contributed by atoms with van der Waals surface area (Å²) in [5, 5.41) is 0. The van der Waals surface area contributed by atoms with Crippen LogP contribution in [0.25, 0.3) is 0 Å². The highest BCUT2D eigenvalue weighted by atomic mass is 19.4. The van der Waals surface area contributed by atoms with Crippen molar-refractivity contribution in [2.45, 2.75) is 45.2 Å². The third-order valence-electron chi connectivity index (χ3n) is 3.12. The van der Waals surface area contributed by atoms with Crippen LogP contribution in [0.1, 0.15) is 39.0 Å². The van der Waals surface area contributed by atoms with Gasteiger partial charge in [-0.2, -0.15) is 13.2 Å². The van der Waals surface area contributed by atoms with Crippen LogP contribution in [0.4, 0.5) is 13.2 Å². The summed E-state index contributed by atoms with van der Waals surface area (Å²) in [6.45, 7) is 0.424. The lowest BCUT2D eigenvalue weighted by atomic mass is 9.83. The van der Waals surface area contributed by atoms with Crippen molar-refractivity contribution in [2.75, 3.05) is 6.61 Å². The monoisotopic (exact) mass is 239 g/mol. The highest BCUT2D eigenvalue weighted by Crippen LogP contribution is 2.41. The van der Waals surface area contributed by atoms with E-state index in [1.165, 1.54) is 0 Å². The van der Waals surface area contributed by atoms with Crippen molar-refractivity contribution in [3.05, 3.63) is 0 Å². The minimum atomic E-state index is -4.41. The van der Waals surface area contributed by atoms with Crippen molar-refractivity contribution < 1.29 is 22.8 Å². The fraction of sp³-hybridized carbons (Fsp3) is 0.900. The molecule has 0 unspecified atom stereocenters. The molecule has 1 N–H and O–H groups in total. The summed E-state index contributed by atoms with van der Waals surface area (Å²) in [4.78, 5) is 15.9. The molecule has 0 saturated heterocycles. The van der Waals surface area contributed by atoms with Gasteiger partial charge in [0.2, 0.25) is 5.91 Å². The number of amides is 1. The van der Waals surface area contributed by atoms with Gasteiger partial charge in [0.1, 0.15) is 0 Å². The summed E-state index contributed by atoms with van der Waals surface area (Å²) in [5.41, 5.74) is 1.39. The smallest absolute Gasteiger partial charge is 0.272 e. The standard InChI is InChI=1S/C10H16F3NO2/c1-2-9(5-3-4-6-9)8(15)14-16-7-10(11,12)13/h2-7H2,1H3,(H,14,15). The predicted molar refractivity (Wildman–Crippen MR) is 51.3 cm³/mol. The van der Waals surface area contributed by atoms with Crippen molar-refractivity contribution in [1.29, 1.82) is 0 Å². The summed E-state index contributed by atoms with van der Waals surface area (Å²) >= 11 is 0. The molecule has 1 saturated carbocycles. The average Bonchev–Trinajstić information content (AvgIpc) is 2.65. The van der Waals surface area contributed by atoms with Crippen LogP contribution in [-0.4, -0.2) is 18.7 Å². The summed E-state index contributed by atoms with van der Waals surface area (Å²) in [6, 6.07) is 0. The molecule has 3 nitrogen and oxygen atoms in total. The molecule has 0 aromatic heterocycles. The van der Waals surface area contributed by atoms with E-state index in [1.807, 2.05) is 12.4 Å². The first kappa shape index (κ1) is 13.3. The van der Waals surface area contributed by atoms with Gasteiger partial charge < -0.3 is 0 Å². The minimum Gasteiger partial charge on any atom is -0.272 e. The number of nitrogens with one attached hydrogen (secondary N) is 1. The molecular formula is C10H16F3NO2. The molecule has 0 heterocycles. The van der Waals surface area contributed by atoms with Crippen molar-refractivity contribution in [3.63, 3.8) is 0 Å². The van der Waals surface area contributed by atoms with Crippen LogP contribution in [0.3, 0.4) is 0 Å². The van der Waals surface area contributed by atoms with E-state index in [-0.39, 0.29) is 0 Å². The molecule has 1 aliphatic carbocycles. The highest BCUT2D eigenvalue weighted by Gasteiger charge is 2.40. The molecule has 1 aliphatic rings. The zero-order chi connectivity index (χ0) is 12.2. The molecule has 0 aromatic carbocycles. The van der Waals surface area contributed by atoms with E-state index in [0.29, 0.717) is 6.42 Å². The molecule has 1 amide bonds. The highest BCUT2D eigenvalue weighted by molar-refractivity contribution is 5.81. The van der Waals surface area contributed by atoms with Gasteiger partial charge >= 0.3 is 6.18 Å². The molecule has 0 bridgehead atoms. The van der Waals surface area contributed by atoms with Crippen LogP contribution < -0.4 is 5.48 Å². The third-order valence-corrected chi connectivity index (χ3v) is 3.12. The Labute approximate surface area is 92.3 Å². The van der Waals surface area contributed by atoms with Crippen LogP contribution >= 0.6 is 0 Å². The molecule has 0 aliphatic heterocycles. The number of alkyl halides is 3.